The van der Waals surface area contributed by atoms with Gasteiger partial charge in [-0.1, -0.05) is 5.92 Å². The van der Waals surface area contributed by atoms with E-state index >= 15 is 0 Å². The highest BCUT2D eigenvalue weighted by Crippen LogP contribution is 2.15. The van der Waals surface area contributed by atoms with Gasteiger partial charge in [0.05, 0.1) is 13.3 Å². The van der Waals surface area contributed by atoms with Gasteiger partial charge in [-0.25, -0.2) is 14.8 Å². The third-order valence-corrected chi connectivity index (χ3v) is 2.90. The Balaban J connectivity index is 1.96. The standard InChI is InChI=1S/C15H10N4O2/c1-9-7-12(21-2)6-4-10(9)3-5-11-8-16-13-14(17-11)19-15(20)18-13/h4,6-8H,1-2H3. The first-order chi connectivity index (χ1) is 10.2. The third kappa shape index (κ3) is 2.62. The highest BCUT2D eigenvalue weighted by atomic mass is 16.5. The predicted molar refractivity (Wildman–Crippen MR) is 73.5 cm³/mol. The van der Waals surface area contributed by atoms with Crippen molar-refractivity contribution in [3.8, 4) is 17.6 Å². The Bertz CT molecular complexity index is 923. The van der Waals surface area contributed by atoms with E-state index in [1.165, 1.54) is 6.20 Å². The Morgan fingerprint density at radius 1 is 1.14 bits per heavy atom. The number of fused-ring (bicyclic) bond motifs is 1. The van der Waals surface area contributed by atoms with Gasteiger partial charge in [0.15, 0.2) is 0 Å². The summed E-state index contributed by atoms with van der Waals surface area (Å²) in [5, 5.41) is 0. The number of rotatable bonds is 1. The molecule has 0 bridgehead atoms. The van der Waals surface area contributed by atoms with E-state index in [1.54, 1.807) is 7.11 Å². The Morgan fingerprint density at radius 3 is 2.71 bits per heavy atom. The van der Waals surface area contributed by atoms with Crippen LogP contribution in [0.5, 0.6) is 5.75 Å². The lowest BCUT2D eigenvalue weighted by atomic mass is 10.1. The minimum atomic E-state index is -0.582. The van der Waals surface area contributed by atoms with Gasteiger partial charge in [0.1, 0.15) is 11.4 Å². The summed E-state index contributed by atoms with van der Waals surface area (Å²) < 4.78 is 5.15. The van der Waals surface area contributed by atoms with Crippen molar-refractivity contribution in [1.29, 1.82) is 0 Å². The van der Waals surface area contributed by atoms with Crippen LogP contribution in [0.2, 0.25) is 0 Å². The first-order valence-electron chi connectivity index (χ1n) is 6.17. The van der Waals surface area contributed by atoms with Crippen molar-refractivity contribution >= 4 is 6.03 Å². The van der Waals surface area contributed by atoms with Gasteiger partial charge in [-0.3, -0.25) is 0 Å². The smallest absolute Gasteiger partial charge is 0.371 e. The minimum Gasteiger partial charge on any atom is -0.497 e. The molecule has 21 heavy (non-hydrogen) atoms. The number of aromatic nitrogens is 2. The SMILES string of the molecule is COc1ccc(C#Cc2cnc3c(n2)=NC(=O)N=3)c(C)c1. The number of aryl methyl sites for hydroxylation is 1. The van der Waals surface area contributed by atoms with E-state index in [0.29, 0.717) is 5.69 Å². The molecule has 1 aromatic heterocycles. The molecule has 102 valence electrons. The number of ether oxygens (including phenoxy) is 1. The lowest BCUT2D eigenvalue weighted by Crippen LogP contribution is -2.29. The average molecular weight is 278 g/mol. The molecule has 6 heteroatoms. The van der Waals surface area contributed by atoms with E-state index in [0.717, 1.165) is 16.9 Å². The Labute approximate surface area is 120 Å². The first-order valence-corrected chi connectivity index (χ1v) is 6.17. The molecule has 0 saturated heterocycles. The normalized spacial score (nSPS) is 11.8. The molecule has 2 amide bonds. The highest BCUT2D eigenvalue weighted by Gasteiger charge is 2.07. The van der Waals surface area contributed by atoms with Crippen LogP contribution in [0.15, 0.2) is 34.4 Å². The Morgan fingerprint density at radius 2 is 1.95 bits per heavy atom. The number of carbonyl (C=O) groups is 1. The Hall–Kier alpha value is -3.07. The van der Waals surface area contributed by atoms with Crippen molar-refractivity contribution in [2.75, 3.05) is 7.11 Å². The minimum absolute atomic E-state index is 0.221. The van der Waals surface area contributed by atoms with E-state index in [9.17, 15) is 4.79 Å². The van der Waals surface area contributed by atoms with E-state index in [2.05, 4.69) is 31.8 Å². The molecule has 0 saturated carbocycles. The van der Waals surface area contributed by atoms with Crippen molar-refractivity contribution in [1.82, 2.24) is 9.97 Å². The van der Waals surface area contributed by atoms with Gasteiger partial charge in [-0.15, -0.1) is 0 Å². The molecule has 3 rings (SSSR count). The molecule has 0 fully saturated rings. The summed E-state index contributed by atoms with van der Waals surface area (Å²) in [6, 6.07) is 5.05. The second kappa shape index (κ2) is 5.13. The summed E-state index contributed by atoms with van der Waals surface area (Å²) in [6.45, 7) is 1.95. The lowest BCUT2D eigenvalue weighted by Gasteiger charge is -2.02. The van der Waals surface area contributed by atoms with Gasteiger partial charge in [0.25, 0.3) is 0 Å². The molecule has 0 radical (unpaired) electrons. The summed E-state index contributed by atoms with van der Waals surface area (Å²) in [7, 11) is 1.62. The molecular weight excluding hydrogens is 268 g/mol. The van der Waals surface area contributed by atoms with Crippen LogP contribution in [-0.2, 0) is 0 Å². The number of benzene rings is 1. The topological polar surface area (TPSA) is 76.8 Å². The summed E-state index contributed by atoms with van der Waals surface area (Å²) in [4.78, 5) is 26.4. The first kappa shape index (κ1) is 12.9. The predicted octanol–water partition coefficient (Wildman–Crippen LogP) is 0.566. The van der Waals surface area contributed by atoms with Crippen LogP contribution in [0.25, 0.3) is 0 Å². The number of amides is 2. The fourth-order valence-electron chi connectivity index (χ4n) is 1.83. The average Bonchev–Trinajstić information content (AvgIpc) is 2.85. The number of methoxy groups -OCH3 is 1. The summed E-state index contributed by atoms with van der Waals surface area (Å²) in [5.74, 6) is 6.71. The van der Waals surface area contributed by atoms with E-state index in [1.807, 2.05) is 25.1 Å². The van der Waals surface area contributed by atoms with E-state index in [4.69, 9.17) is 4.74 Å². The van der Waals surface area contributed by atoms with Crippen LogP contribution >= 0.6 is 0 Å². The number of hydrogen-bond acceptors (Lipinski definition) is 4. The van der Waals surface area contributed by atoms with Crippen LogP contribution in [0.3, 0.4) is 0 Å². The molecule has 2 heterocycles. The number of urea groups is 1. The maximum Gasteiger partial charge on any atom is 0.371 e. The largest absolute Gasteiger partial charge is 0.497 e. The van der Waals surface area contributed by atoms with Crippen LogP contribution in [0, 0.1) is 18.8 Å². The molecule has 0 aliphatic carbocycles. The van der Waals surface area contributed by atoms with Gasteiger partial charge in [0.2, 0.25) is 11.0 Å². The number of carbonyl (C=O) groups excluding carboxylic acids is 1. The van der Waals surface area contributed by atoms with Crippen LogP contribution in [0.4, 0.5) is 4.79 Å². The van der Waals surface area contributed by atoms with Gasteiger partial charge in [-0.05, 0) is 36.6 Å². The fourth-order valence-corrected chi connectivity index (χ4v) is 1.83. The maximum absolute atomic E-state index is 11.0. The monoisotopic (exact) mass is 278 g/mol. The molecular formula is C15H10N4O2. The fraction of sp³-hybridized carbons (Fsp3) is 0.133. The third-order valence-electron chi connectivity index (χ3n) is 2.90. The van der Waals surface area contributed by atoms with E-state index < -0.39 is 6.03 Å². The van der Waals surface area contributed by atoms with Gasteiger partial charge in [-0.2, -0.15) is 9.98 Å². The Kier molecular flexibility index (Phi) is 3.16. The second-order valence-corrected chi connectivity index (χ2v) is 4.34. The second-order valence-electron chi connectivity index (χ2n) is 4.34. The summed E-state index contributed by atoms with van der Waals surface area (Å²) in [6.07, 6.45) is 1.47. The van der Waals surface area contributed by atoms with Crippen molar-refractivity contribution in [2.45, 2.75) is 6.92 Å². The van der Waals surface area contributed by atoms with Gasteiger partial charge >= 0.3 is 6.03 Å². The van der Waals surface area contributed by atoms with Gasteiger partial charge in [0, 0.05) is 5.56 Å². The maximum atomic E-state index is 11.0. The molecule has 0 spiro atoms. The molecule has 0 N–H and O–H groups in total. The van der Waals surface area contributed by atoms with Crippen LogP contribution in [-0.4, -0.2) is 23.1 Å². The van der Waals surface area contributed by atoms with Crippen molar-refractivity contribution < 1.29 is 9.53 Å². The van der Waals surface area contributed by atoms with E-state index in [-0.39, 0.29) is 11.0 Å². The zero-order valence-corrected chi connectivity index (χ0v) is 11.4. The number of hydrogen-bond donors (Lipinski definition) is 0. The molecule has 6 nitrogen and oxygen atoms in total. The lowest BCUT2D eigenvalue weighted by molar-refractivity contribution is 0.256. The molecule has 2 aromatic rings. The molecule has 1 aromatic carbocycles. The zero-order valence-electron chi connectivity index (χ0n) is 11.4. The van der Waals surface area contributed by atoms with Crippen molar-refractivity contribution in [3.05, 3.63) is 52.2 Å². The molecule has 1 aliphatic heterocycles. The van der Waals surface area contributed by atoms with Gasteiger partial charge < -0.3 is 4.74 Å². The number of nitrogens with zero attached hydrogens (tertiary/aromatic N) is 4. The van der Waals surface area contributed by atoms with Crippen LogP contribution in [0.1, 0.15) is 16.8 Å². The summed E-state index contributed by atoms with van der Waals surface area (Å²) >= 11 is 0. The molecule has 0 atom stereocenters. The van der Waals surface area contributed by atoms with Crippen molar-refractivity contribution in [3.63, 3.8) is 0 Å². The molecule has 0 unspecified atom stereocenters. The quantitative estimate of drug-likeness (QED) is 0.714. The van der Waals surface area contributed by atoms with Crippen molar-refractivity contribution in [2.24, 2.45) is 9.98 Å². The molecule has 1 aliphatic rings. The summed E-state index contributed by atoms with van der Waals surface area (Å²) in [5.41, 5.74) is 2.78. The zero-order chi connectivity index (χ0) is 14.8. The highest BCUT2D eigenvalue weighted by molar-refractivity contribution is 5.76. The van der Waals surface area contributed by atoms with Crippen LogP contribution < -0.4 is 15.7 Å².